The SMILES string of the molecule is CCOc1cc(C=NNC(=O)CC(=O)Nc2ccccc2CC)ccc1OCc1ccc(C)cc1. The lowest BCUT2D eigenvalue weighted by atomic mass is 10.1. The number of carbonyl (C=O) groups excluding carboxylic acids is 2. The van der Waals surface area contributed by atoms with Gasteiger partial charge in [0.1, 0.15) is 13.0 Å². The Morgan fingerprint density at radius 3 is 2.43 bits per heavy atom. The number of para-hydroxylation sites is 1. The lowest BCUT2D eigenvalue weighted by Crippen LogP contribution is -2.25. The Morgan fingerprint density at radius 1 is 0.914 bits per heavy atom. The molecule has 0 unspecified atom stereocenters. The van der Waals surface area contributed by atoms with Crippen molar-refractivity contribution in [2.75, 3.05) is 11.9 Å². The van der Waals surface area contributed by atoms with Crippen LogP contribution in [0.5, 0.6) is 11.5 Å². The van der Waals surface area contributed by atoms with Gasteiger partial charge in [-0.1, -0.05) is 55.0 Å². The summed E-state index contributed by atoms with van der Waals surface area (Å²) in [6, 6.07) is 21.1. The maximum Gasteiger partial charge on any atom is 0.249 e. The van der Waals surface area contributed by atoms with Crippen molar-refractivity contribution in [1.29, 1.82) is 0 Å². The normalized spacial score (nSPS) is 10.7. The Hall–Kier alpha value is -4.13. The second kappa shape index (κ2) is 12.9. The van der Waals surface area contributed by atoms with E-state index in [1.165, 1.54) is 11.8 Å². The first-order valence-corrected chi connectivity index (χ1v) is 11.6. The van der Waals surface area contributed by atoms with Gasteiger partial charge in [0, 0.05) is 5.69 Å². The molecule has 7 heteroatoms. The fourth-order valence-electron chi connectivity index (χ4n) is 3.35. The number of benzene rings is 3. The molecule has 182 valence electrons. The molecule has 0 heterocycles. The zero-order chi connectivity index (χ0) is 25.0. The Bertz CT molecular complexity index is 1170. The van der Waals surface area contributed by atoms with Crippen molar-refractivity contribution < 1.29 is 19.1 Å². The summed E-state index contributed by atoms with van der Waals surface area (Å²) < 4.78 is 11.7. The highest BCUT2D eigenvalue weighted by Gasteiger charge is 2.11. The van der Waals surface area contributed by atoms with Crippen LogP contribution in [0, 0.1) is 6.92 Å². The maximum absolute atomic E-state index is 12.2. The summed E-state index contributed by atoms with van der Waals surface area (Å²) in [5.74, 6) is 0.310. The summed E-state index contributed by atoms with van der Waals surface area (Å²) in [5, 5.41) is 6.74. The average molecular weight is 474 g/mol. The molecule has 0 aromatic heterocycles. The van der Waals surface area contributed by atoms with Crippen molar-refractivity contribution in [3.63, 3.8) is 0 Å². The van der Waals surface area contributed by atoms with E-state index in [2.05, 4.69) is 15.8 Å². The van der Waals surface area contributed by atoms with Gasteiger partial charge in [-0.3, -0.25) is 9.59 Å². The molecule has 7 nitrogen and oxygen atoms in total. The van der Waals surface area contributed by atoms with Crippen LogP contribution in [-0.4, -0.2) is 24.6 Å². The predicted molar refractivity (Wildman–Crippen MR) is 138 cm³/mol. The van der Waals surface area contributed by atoms with Crippen LogP contribution in [0.25, 0.3) is 0 Å². The van der Waals surface area contributed by atoms with E-state index in [1.54, 1.807) is 12.1 Å². The van der Waals surface area contributed by atoms with Crippen molar-refractivity contribution in [3.05, 3.63) is 89.0 Å². The molecule has 0 aliphatic rings. The van der Waals surface area contributed by atoms with Crippen LogP contribution in [0.4, 0.5) is 5.69 Å². The molecule has 0 spiro atoms. The lowest BCUT2D eigenvalue weighted by molar-refractivity contribution is -0.126. The fraction of sp³-hybridized carbons (Fsp3) is 0.250. The maximum atomic E-state index is 12.2. The van der Waals surface area contributed by atoms with Crippen molar-refractivity contribution in [1.82, 2.24) is 5.43 Å². The number of aryl methyl sites for hydroxylation is 2. The van der Waals surface area contributed by atoms with Gasteiger partial charge in [-0.25, -0.2) is 5.43 Å². The van der Waals surface area contributed by atoms with Crippen LogP contribution in [0.15, 0.2) is 71.8 Å². The van der Waals surface area contributed by atoms with Crippen molar-refractivity contribution in [2.45, 2.75) is 40.2 Å². The molecular formula is C28H31N3O4. The third-order valence-corrected chi connectivity index (χ3v) is 5.18. The van der Waals surface area contributed by atoms with Gasteiger partial charge in [0.2, 0.25) is 11.8 Å². The lowest BCUT2D eigenvalue weighted by Gasteiger charge is -2.13. The van der Waals surface area contributed by atoms with Crippen LogP contribution < -0.4 is 20.2 Å². The van der Waals surface area contributed by atoms with E-state index in [1.807, 2.05) is 75.4 Å². The molecular weight excluding hydrogens is 442 g/mol. The summed E-state index contributed by atoms with van der Waals surface area (Å²) >= 11 is 0. The number of hydrogen-bond donors (Lipinski definition) is 2. The van der Waals surface area contributed by atoms with E-state index in [0.29, 0.717) is 30.4 Å². The van der Waals surface area contributed by atoms with Crippen LogP contribution in [0.3, 0.4) is 0 Å². The van der Waals surface area contributed by atoms with E-state index in [-0.39, 0.29) is 6.42 Å². The van der Waals surface area contributed by atoms with Gasteiger partial charge >= 0.3 is 0 Å². The summed E-state index contributed by atoms with van der Waals surface area (Å²) in [7, 11) is 0. The minimum absolute atomic E-state index is 0.328. The largest absolute Gasteiger partial charge is 0.490 e. The van der Waals surface area contributed by atoms with E-state index in [4.69, 9.17) is 9.47 Å². The topological polar surface area (TPSA) is 89.0 Å². The Labute approximate surface area is 206 Å². The van der Waals surface area contributed by atoms with Gasteiger partial charge in [0.05, 0.1) is 12.8 Å². The van der Waals surface area contributed by atoms with Crippen molar-refractivity contribution in [2.24, 2.45) is 5.10 Å². The zero-order valence-corrected chi connectivity index (χ0v) is 20.3. The summed E-state index contributed by atoms with van der Waals surface area (Å²) in [4.78, 5) is 24.3. The van der Waals surface area contributed by atoms with E-state index in [0.717, 1.165) is 23.1 Å². The second-order valence-electron chi connectivity index (χ2n) is 7.94. The number of carbonyl (C=O) groups is 2. The van der Waals surface area contributed by atoms with Crippen LogP contribution in [-0.2, 0) is 22.6 Å². The van der Waals surface area contributed by atoms with Crippen LogP contribution >= 0.6 is 0 Å². The number of amides is 2. The molecule has 35 heavy (non-hydrogen) atoms. The first kappa shape index (κ1) is 25.5. The van der Waals surface area contributed by atoms with Gasteiger partial charge in [0.15, 0.2) is 11.5 Å². The number of hydrogen-bond acceptors (Lipinski definition) is 5. The molecule has 0 aliphatic carbocycles. The van der Waals surface area contributed by atoms with Crippen molar-refractivity contribution in [3.8, 4) is 11.5 Å². The van der Waals surface area contributed by atoms with Crippen LogP contribution in [0.1, 0.15) is 42.5 Å². The van der Waals surface area contributed by atoms with E-state index in [9.17, 15) is 9.59 Å². The number of anilines is 1. The van der Waals surface area contributed by atoms with Gasteiger partial charge in [-0.2, -0.15) is 5.10 Å². The van der Waals surface area contributed by atoms with Gasteiger partial charge in [-0.05, 0) is 61.2 Å². The minimum Gasteiger partial charge on any atom is -0.490 e. The Balaban J connectivity index is 1.54. The van der Waals surface area contributed by atoms with Gasteiger partial charge in [0.25, 0.3) is 0 Å². The molecule has 0 bridgehead atoms. The summed E-state index contributed by atoms with van der Waals surface area (Å²) in [6.45, 7) is 6.85. The van der Waals surface area contributed by atoms with Crippen molar-refractivity contribution >= 4 is 23.7 Å². The van der Waals surface area contributed by atoms with Crippen LogP contribution in [0.2, 0.25) is 0 Å². The second-order valence-corrected chi connectivity index (χ2v) is 7.94. The van der Waals surface area contributed by atoms with E-state index < -0.39 is 11.8 Å². The fourth-order valence-corrected chi connectivity index (χ4v) is 3.35. The standard InChI is InChI=1S/C28H31N3O4/c1-4-23-8-6-7-9-24(23)30-27(32)17-28(33)31-29-18-22-14-15-25(26(16-22)34-5-2)35-19-21-12-10-20(3)11-13-21/h6-16,18H,4-5,17,19H2,1-3H3,(H,30,32)(H,31,33). The van der Waals surface area contributed by atoms with Gasteiger partial charge in [-0.15, -0.1) is 0 Å². The molecule has 0 radical (unpaired) electrons. The first-order chi connectivity index (χ1) is 17.0. The molecule has 0 aliphatic heterocycles. The first-order valence-electron chi connectivity index (χ1n) is 11.6. The quantitative estimate of drug-likeness (QED) is 0.233. The highest BCUT2D eigenvalue weighted by molar-refractivity contribution is 6.04. The molecule has 0 atom stereocenters. The minimum atomic E-state index is -0.504. The average Bonchev–Trinajstić information content (AvgIpc) is 2.85. The number of hydrazone groups is 1. The molecule has 2 N–H and O–H groups in total. The number of nitrogens with zero attached hydrogens (tertiary/aromatic N) is 1. The predicted octanol–water partition coefficient (Wildman–Crippen LogP) is 5.01. The molecule has 0 saturated heterocycles. The van der Waals surface area contributed by atoms with E-state index >= 15 is 0 Å². The molecule has 0 saturated carbocycles. The molecule has 3 aromatic rings. The number of ether oxygens (including phenoxy) is 2. The highest BCUT2D eigenvalue weighted by atomic mass is 16.5. The Morgan fingerprint density at radius 2 is 1.69 bits per heavy atom. The zero-order valence-electron chi connectivity index (χ0n) is 20.3. The summed E-state index contributed by atoms with van der Waals surface area (Å²) in [5.41, 5.74) is 7.09. The third-order valence-electron chi connectivity index (χ3n) is 5.18. The molecule has 2 amide bonds. The molecule has 3 aromatic carbocycles. The highest BCUT2D eigenvalue weighted by Crippen LogP contribution is 2.29. The van der Waals surface area contributed by atoms with Gasteiger partial charge < -0.3 is 14.8 Å². The number of nitrogens with one attached hydrogen (secondary N) is 2. The monoisotopic (exact) mass is 473 g/mol. The third kappa shape index (κ3) is 7.99. The smallest absolute Gasteiger partial charge is 0.249 e. The number of rotatable bonds is 11. The molecule has 0 fully saturated rings. The summed E-state index contributed by atoms with van der Waals surface area (Å²) in [6.07, 6.45) is 1.95. The Kier molecular flexibility index (Phi) is 9.42. The molecule has 3 rings (SSSR count).